The molecule has 6 heteroatoms. The Morgan fingerprint density at radius 1 is 1.25 bits per heavy atom. The zero-order chi connectivity index (χ0) is 16.9. The Hall–Kier alpha value is -2.34. The first-order chi connectivity index (χ1) is 11.7. The third kappa shape index (κ3) is 3.94. The molecule has 0 aliphatic heterocycles. The summed E-state index contributed by atoms with van der Waals surface area (Å²) >= 11 is 3.42. The number of carbonyl (C=O) groups excluding carboxylic acids is 1. The second-order valence-electron chi connectivity index (χ2n) is 5.37. The summed E-state index contributed by atoms with van der Waals surface area (Å²) in [6.45, 7) is 2.43. The predicted octanol–water partition coefficient (Wildman–Crippen LogP) is 3.35. The lowest BCUT2D eigenvalue weighted by Crippen LogP contribution is -2.28. The molecule has 0 radical (unpaired) electrons. The molecule has 0 unspecified atom stereocenters. The van der Waals surface area contributed by atoms with Gasteiger partial charge in [0, 0.05) is 16.9 Å². The van der Waals surface area contributed by atoms with Crippen LogP contribution in [0.1, 0.15) is 18.2 Å². The molecule has 5 nitrogen and oxygen atoms in total. The van der Waals surface area contributed by atoms with Crippen LogP contribution >= 0.6 is 15.9 Å². The average molecular weight is 388 g/mol. The fourth-order valence-electron chi connectivity index (χ4n) is 2.42. The molecule has 0 saturated heterocycles. The van der Waals surface area contributed by atoms with Gasteiger partial charge >= 0.3 is 0 Å². The molecule has 0 bridgehead atoms. The third-order valence-electron chi connectivity index (χ3n) is 3.64. The molecule has 2 aromatic heterocycles. The Morgan fingerprint density at radius 2 is 2.08 bits per heavy atom. The molecule has 24 heavy (non-hydrogen) atoms. The van der Waals surface area contributed by atoms with Gasteiger partial charge in [-0.05, 0) is 46.1 Å². The number of aromatic nitrogens is 2. The molecule has 0 aliphatic carbocycles. The van der Waals surface area contributed by atoms with E-state index in [4.69, 9.17) is 4.74 Å². The Morgan fingerprint density at radius 3 is 2.92 bits per heavy atom. The molecule has 0 atom stereocenters. The van der Waals surface area contributed by atoms with Crippen LogP contribution < -0.4 is 10.1 Å². The van der Waals surface area contributed by atoms with E-state index in [1.165, 1.54) is 0 Å². The minimum atomic E-state index is -0.167. The highest BCUT2D eigenvalue weighted by Crippen LogP contribution is 2.18. The molecule has 2 heterocycles. The summed E-state index contributed by atoms with van der Waals surface area (Å²) in [5, 5.41) is 2.83. The molecule has 0 fully saturated rings. The molecule has 0 saturated carbocycles. The fraction of sp³-hybridized carbons (Fsp3) is 0.222. The maximum Gasteiger partial charge on any atom is 0.258 e. The molecular formula is C18H18BrN3O2. The lowest BCUT2D eigenvalue weighted by atomic mass is 10.1. The van der Waals surface area contributed by atoms with Gasteiger partial charge in [-0.1, -0.05) is 25.1 Å². The van der Waals surface area contributed by atoms with Gasteiger partial charge in [0.15, 0.2) is 6.61 Å². The second-order valence-corrected chi connectivity index (χ2v) is 6.29. The zero-order valence-corrected chi connectivity index (χ0v) is 14.9. The number of hydrogen-bond donors (Lipinski definition) is 1. The molecule has 1 aromatic carbocycles. The summed E-state index contributed by atoms with van der Waals surface area (Å²) in [6.07, 6.45) is 4.70. The number of nitrogens with zero attached hydrogens (tertiary/aromatic N) is 2. The van der Waals surface area contributed by atoms with E-state index in [9.17, 15) is 4.79 Å². The van der Waals surface area contributed by atoms with Gasteiger partial charge in [-0.15, -0.1) is 0 Å². The molecular weight excluding hydrogens is 370 g/mol. The minimum Gasteiger partial charge on any atom is -0.483 e. The van der Waals surface area contributed by atoms with Crippen molar-refractivity contribution in [1.82, 2.24) is 14.7 Å². The van der Waals surface area contributed by atoms with Crippen molar-refractivity contribution in [2.75, 3.05) is 6.61 Å². The number of nitrogens with one attached hydrogen (secondary N) is 1. The number of benzene rings is 1. The largest absolute Gasteiger partial charge is 0.483 e. The molecule has 124 valence electrons. The van der Waals surface area contributed by atoms with Gasteiger partial charge in [0.05, 0.1) is 12.2 Å². The number of halogens is 1. The van der Waals surface area contributed by atoms with Crippen molar-refractivity contribution in [1.29, 1.82) is 0 Å². The van der Waals surface area contributed by atoms with Crippen LogP contribution in [0, 0.1) is 0 Å². The van der Waals surface area contributed by atoms with Crippen LogP contribution in [0.4, 0.5) is 0 Å². The van der Waals surface area contributed by atoms with Gasteiger partial charge < -0.3 is 14.5 Å². The Labute approximate surface area is 148 Å². The summed E-state index contributed by atoms with van der Waals surface area (Å²) in [4.78, 5) is 16.4. The van der Waals surface area contributed by atoms with Gasteiger partial charge in [-0.3, -0.25) is 4.79 Å². The van der Waals surface area contributed by atoms with Gasteiger partial charge in [-0.2, -0.15) is 0 Å². The fourth-order valence-corrected chi connectivity index (χ4v) is 2.78. The molecule has 3 rings (SSSR count). The molecule has 0 aliphatic rings. The van der Waals surface area contributed by atoms with E-state index in [1.54, 1.807) is 0 Å². The predicted molar refractivity (Wildman–Crippen MR) is 96.1 cm³/mol. The first-order valence-electron chi connectivity index (χ1n) is 7.76. The highest BCUT2D eigenvalue weighted by molar-refractivity contribution is 9.10. The third-order valence-corrected chi connectivity index (χ3v) is 4.11. The summed E-state index contributed by atoms with van der Waals surface area (Å²) in [5.41, 5.74) is 2.74. The van der Waals surface area contributed by atoms with Gasteiger partial charge in [-0.25, -0.2) is 4.98 Å². The highest BCUT2D eigenvalue weighted by atomic mass is 79.9. The standard InChI is InChI=1S/C18H18BrN3O2/c1-2-13-5-3-4-6-16(13)24-12-18(23)20-9-15-11-22-10-14(19)7-8-17(22)21-15/h3-8,10-11H,2,9,12H2,1H3,(H,20,23). The minimum absolute atomic E-state index is 0.00403. The van der Waals surface area contributed by atoms with Crippen LogP contribution in [0.25, 0.3) is 5.65 Å². The Balaban J connectivity index is 1.55. The maximum atomic E-state index is 12.0. The second kappa shape index (κ2) is 7.49. The lowest BCUT2D eigenvalue weighted by Gasteiger charge is -2.10. The highest BCUT2D eigenvalue weighted by Gasteiger charge is 2.07. The van der Waals surface area contributed by atoms with Crippen LogP contribution in [0.3, 0.4) is 0 Å². The average Bonchev–Trinajstić information content (AvgIpc) is 3.00. The number of amides is 1. The van der Waals surface area contributed by atoms with E-state index in [-0.39, 0.29) is 12.5 Å². The first-order valence-corrected chi connectivity index (χ1v) is 8.55. The quantitative estimate of drug-likeness (QED) is 0.705. The van der Waals surface area contributed by atoms with Gasteiger partial charge in [0.2, 0.25) is 0 Å². The number of para-hydroxylation sites is 1. The number of carbonyl (C=O) groups is 1. The number of fused-ring (bicyclic) bond motifs is 1. The van der Waals surface area contributed by atoms with Crippen molar-refractivity contribution in [3.8, 4) is 5.75 Å². The van der Waals surface area contributed by atoms with Crippen molar-refractivity contribution < 1.29 is 9.53 Å². The Bertz CT molecular complexity index is 860. The van der Waals surface area contributed by atoms with Crippen LogP contribution in [0.2, 0.25) is 0 Å². The van der Waals surface area contributed by atoms with E-state index in [2.05, 4.69) is 33.2 Å². The van der Waals surface area contributed by atoms with E-state index >= 15 is 0 Å². The van der Waals surface area contributed by atoms with Crippen LogP contribution in [0.5, 0.6) is 5.75 Å². The van der Waals surface area contributed by atoms with Crippen LogP contribution in [-0.4, -0.2) is 21.9 Å². The van der Waals surface area contributed by atoms with Crippen molar-refractivity contribution in [3.63, 3.8) is 0 Å². The normalized spacial score (nSPS) is 10.8. The monoisotopic (exact) mass is 387 g/mol. The molecule has 3 aromatic rings. The summed E-state index contributed by atoms with van der Waals surface area (Å²) in [5.74, 6) is 0.590. The molecule has 1 N–H and O–H groups in total. The number of ether oxygens (including phenoxy) is 1. The van der Waals surface area contributed by atoms with Crippen LogP contribution in [0.15, 0.2) is 53.3 Å². The molecule has 0 spiro atoms. The van der Waals surface area contributed by atoms with E-state index < -0.39 is 0 Å². The van der Waals surface area contributed by atoms with E-state index in [1.807, 2.05) is 53.2 Å². The summed E-state index contributed by atoms with van der Waals surface area (Å²) < 4.78 is 8.50. The van der Waals surface area contributed by atoms with E-state index in [0.29, 0.717) is 6.54 Å². The molecule has 1 amide bonds. The summed E-state index contributed by atoms with van der Waals surface area (Å²) in [6, 6.07) is 11.6. The summed E-state index contributed by atoms with van der Waals surface area (Å²) in [7, 11) is 0. The van der Waals surface area contributed by atoms with Crippen molar-refractivity contribution in [2.45, 2.75) is 19.9 Å². The number of imidazole rings is 1. The number of aryl methyl sites for hydroxylation is 1. The smallest absolute Gasteiger partial charge is 0.258 e. The van der Waals surface area contributed by atoms with Crippen molar-refractivity contribution in [3.05, 3.63) is 64.5 Å². The number of hydrogen-bond acceptors (Lipinski definition) is 3. The Kier molecular flexibility index (Phi) is 5.15. The van der Waals surface area contributed by atoms with Gasteiger partial charge in [0.1, 0.15) is 11.4 Å². The SMILES string of the molecule is CCc1ccccc1OCC(=O)NCc1cn2cc(Br)ccc2n1. The van der Waals surface area contributed by atoms with Crippen LogP contribution in [-0.2, 0) is 17.8 Å². The van der Waals surface area contributed by atoms with Crippen molar-refractivity contribution in [2.24, 2.45) is 0 Å². The first kappa shape index (κ1) is 16.5. The maximum absolute atomic E-state index is 12.0. The van der Waals surface area contributed by atoms with Crippen molar-refractivity contribution >= 4 is 27.5 Å². The lowest BCUT2D eigenvalue weighted by molar-refractivity contribution is -0.123. The van der Waals surface area contributed by atoms with Gasteiger partial charge in [0.25, 0.3) is 5.91 Å². The van der Waals surface area contributed by atoms with E-state index in [0.717, 1.165) is 33.5 Å². The topological polar surface area (TPSA) is 55.6 Å². The number of rotatable bonds is 6. The zero-order valence-electron chi connectivity index (χ0n) is 13.3. The number of pyridine rings is 1.